The molecule has 0 aliphatic heterocycles. The first kappa shape index (κ1) is 20.2. The van der Waals surface area contributed by atoms with E-state index >= 15 is 0 Å². The van der Waals surface area contributed by atoms with Crippen LogP contribution in [0, 0.1) is 0 Å². The van der Waals surface area contributed by atoms with Gasteiger partial charge in [0.1, 0.15) is 5.15 Å². The van der Waals surface area contributed by atoms with Crippen LogP contribution in [0.5, 0.6) is 0 Å². The van der Waals surface area contributed by atoms with E-state index in [1.165, 1.54) is 0 Å². The van der Waals surface area contributed by atoms with Gasteiger partial charge in [0.05, 0.1) is 37.2 Å². The Hall–Kier alpha value is -2.75. The second kappa shape index (κ2) is 8.78. The molecular weight excluding hydrogens is 418 g/mol. The summed E-state index contributed by atoms with van der Waals surface area (Å²) >= 11 is 6.19. The van der Waals surface area contributed by atoms with Gasteiger partial charge < -0.3 is 14.8 Å². The van der Waals surface area contributed by atoms with Gasteiger partial charge in [-0.1, -0.05) is 11.6 Å². The molecule has 0 bridgehead atoms. The molecule has 1 fully saturated rings. The number of hydrogen-bond acceptors (Lipinski definition) is 7. The van der Waals surface area contributed by atoms with E-state index in [0.717, 1.165) is 42.3 Å². The van der Waals surface area contributed by atoms with Crippen LogP contribution in [0.4, 0.5) is 5.95 Å². The Bertz CT molecular complexity index is 1180. The minimum atomic E-state index is 0.318. The van der Waals surface area contributed by atoms with Crippen molar-refractivity contribution in [2.75, 3.05) is 25.6 Å². The fourth-order valence-corrected chi connectivity index (χ4v) is 4.22. The van der Waals surface area contributed by atoms with Crippen LogP contribution in [0.2, 0.25) is 5.15 Å². The monoisotopic (exact) mass is 441 g/mol. The molecule has 1 aliphatic carbocycles. The quantitative estimate of drug-likeness (QED) is 0.439. The van der Waals surface area contributed by atoms with Crippen molar-refractivity contribution in [2.24, 2.45) is 0 Å². The molecule has 31 heavy (non-hydrogen) atoms. The van der Waals surface area contributed by atoms with Crippen molar-refractivity contribution in [3.63, 3.8) is 0 Å². The van der Waals surface area contributed by atoms with E-state index in [1.807, 2.05) is 29.2 Å². The SMILES string of the molecule is COCCO[C@H]1CC[C@H](Nc2ncc3c(-c4cnc5ncc(Cl)n5c4)ccn3n2)CC1. The summed E-state index contributed by atoms with van der Waals surface area (Å²) < 4.78 is 14.5. The number of halogens is 1. The number of imidazole rings is 1. The molecular formula is C21H24ClN7O2. The average molecular weight is 442 g/mol. The van der Waals surface area contributed by atoms with Crippen LogP contribution >= 0.6 is 11.6 Å². The molecule has 0 radical (unpaired) electrons. The minimum absolute atomic E-state index is 0.318. The first-order chi connectivity index (χ1) is 15.2. The molecule has 0 amide bonds. The molecule has 0 unspecified atom stereocenters. The molecule has 1 N–H and O–H groups in total. The molecule has 4 heterocycles. The van der Waals surface area contributed by atoms with Gasteiger partial charge >= 0.3 is 0 Å². The predicted octanol–water partition coefficient (Wildman–Crippen LogP) is 3.48. The smallest absolute Gasteiger partial charge is 0.241 e. The summed E-state index contributed by atoms with van der Waals surface area (Å²) in [5.41, 5.74) is 2.81. The van der Waals surface area contributed by atoms with E-state index in [2.05, 4.69) is 25.4 Å². The van der Waals surface area contributed by atoms with E-state index < -0.39 is 0 Å². The summed E-state index contributed by atoms with van der Waals surface area (Å²) in [6, 6.07) is 2.36. The van der Waals surface area contributed by atoms with Crippen LogP contribution < -0.4 is 5.32 Å². The highest BCUT2D eigenvalue weighted by Crippen LogP contribution is 2.27. The predicted molar refractivity (Wildman–Crippen MR) is 117 cm³/mol. The Balaban J connectivity index is 1.28. The number of fused-ring (bicyclic) bond motifs is 2. The summed E-state index contributed by atoms with van der Waals surface area (Å²) in [7, 11) is 1.69. The number of nitrogens with zero attached hydrogens (tertiary/aromatic N) is 6. The Morgan fingerprint density at radius 3 is 2.77 bits per heavy atom. The fourth-order valence-electron chi connectivity index (χ4n) is 4.05. The van der Waals surface area contributed by atoms with Crippen molar-refractivity contribution in [3.8, 4) is 11.1 Å². The maximum absolute atomic E-state index is 6.19. The highest BCUT2D eigenvalue weighted by molar-refractivity contribution is 6.29. The molecule has 0 saturated heterocycles. The van der Waals surface area contributed by atoms with Crippen LogP contribution in [0.15, 0.2) is 37.1 Å². The second-order valence-corrected chi connectivity index (χ2v) is 8.10. The summed E-state index contributed by atoms with van der Waals surface area (Å²) in [5, 5.41) is 8.64. The fraction of sp³-hybridized carbons (Fsp3) is 0.429. The third-order valence-electron chi connectivity index (χ3n) is 5.70. The van der Waals surface area contributed by atoms with E-state index in [-0.39, 0.29) is 0 Å². The maximum Gasteiger partial charge on any atom is 0.241 e. The van der Waals surface area contributed by atoms with Gasteiger partial charge in [0.2, 0.25) is 11.7 Å². The Morgan fingerprint density at radius 1 is 1.10 bits per heavy atom. The molecule has 4 aromatic rings. The molecule has 4 aromatic heterocycles. The Labute approximate surface area is 184 Å². The number of aromatic nitrogens is 6. The van der Waals surface area contributed by atoms with E-state index in [9.17, 15) is 0 Å². The molecule has 5 rings (SSSR count). The maximum atomic E-state index is 6.19. The van der Waals surface area contributed by atoms with E-state index in [4.69, 9.17) is 21.1 Å². The van der Waals surface area contributed by atoms with Crippen molar-refractivity contribution in [3.05, 3.63) is 42.2 Å². The highest BCUT2D eigenvalue weighted by atomic mass is 35.5. The van der Waals surface area contributed by atoms with Crippen molar-refractivity contribution in [1.29, 1.82) is 0 Å². The second-order valence-electron chi connectivity index (χ2n) is 7.72. The standard InChI is InChI=1S/C21H24ClN7O2/c1-30-8-9-31-16-4-2-15(3-5-16)26-20-23-11-18-17(6-7-29(18)27-20)14-10-24-21-25-12-19(22)28(21)13-14/h6-7,10-13,15-16H,2-5,8-9H2,1H3,(H,26,27)/t15-,16-. The average Bonchev–Trinajstić information content (AvgIpc) is 3.38. The molecule has 0 aromatic carbocycles. The molecule has 0 spiro atoms. The zero-order valence-electron chi connectivity index (χ0n) is 17.2. The van der Waals surface area contributed by atoms with Crippen LogP contribution in [0.3, 0.4) is 0 Å². The molecule has 1 aliphatic rings. The summed E-state index contributed by atoms with van der Waals surface area (Å²) in [4.78, 5) is 13.1. The van der Waals surface area contributed by atoms with Gasteiger partial charge in [0, 0.05) is 42.9 Å². The lowest BCUT2D eigenvalue weighted by Crippen LogP contribution is -2.31. The van der Waals surface area contributed by atoms with Gasteiger partial charge in [-0.2, -0.15) is 0 Å². The molecule has 10 heteroatoms. The van der Waals surface area contributed by atoms with Gasteiger partial charge in [-0.25, -0.2) is 19.5 Å². The zero-order chi connectivity index (χ0) is 21.2. The van der Waals surface area contributed by atoms with Gasteiger partial charge in [0.25, 0.3) is 0 Å². The molecule has 9 nitrogen and oxygen atoms in total. The highest BCUT2D eigenvalue weighted by Gasteiger charge is 2.22. The topological polar surface area (TPSA) is 90.9 Å². The van der Waals surface area contributed by atoms with Gasteiger partial charge in [-0.15, -0.1) is 5.10 Å². The molecule has 0 atom stereocenters. The normalized spacial score (nSPS) is 19.3. The Morgan fingerprint density at radius 2 is 1.94 bits per heavy atom. The third kappa shape index (κ3) is 4.21. The van der Waals surface area contributed by atoms with Gasteiger partial charge in [0.15, 0.2) is 0 Å². The number of methoxy groups -OCH3 is 1. The van der Waals surface area contributed by atoms with Crippen molar-refractivity contribution in [2.45, 2.75) is 37.8 Å². The first-order valence-electron chi connectivity index (χ1n) is 10.4. The number of rotatable bonds is 7. The van der Waals surface area contributed by atoms with E-state index in [1.54, 1.807) is 23.9 Å². The van der Waals surface area contributed by atoms with Crippen molar-refractivity contribution >= 4 is 28.8 Å². The number of nitrogens with one attached hydrogen (secondary N) is 1. The molecule has 1 saturated carbocycles. The van der Waals surface area contributed by atoms with Crippen LogP contribution in [-0.4, -0.2) is 61.4 Å². The Kier molecular flexibility index (Phi) is 5.71. The van der Waals surface area contributed by atoms with Crippen LogP contribution in [-0.2, 0) is 9.47 Å². The van der Waals surface area contributed by atoms with E-state index in [0.29, 0.717) is 42.2 Å². The zero-order valence-corrected chi connectivity index (χ0v) is 18.0. The minimum Gasteiger partial charge on any atom is -0.382 e. The number of hydrogen-bond donors (Lipinski definition) is 1. The number of anilines is 1. The third-order valence-corrected chi connectivity index (χ3v) is 5.98. The lowest BCUT2D eigenvalue weighted by molar-refractivity contribution is -0.00158. The van der Waals surface area contributed by atoms with Crippen molar-refractivity contribution in [1.82, 2.24) is 29.0 Å². The van der Waals surface area contributed by atoms with Crippen LogP contribution in [0.25, 0.3) is 22.4 Å². The lowest BCUT2D eigenvalue weighted by atomic mass is 9.93. The first-order valence-corrected chi connectivity index (χ1v) is 10.8. The lowest BCUT2D eigenvalue weighted by Gasteiger charge is -2.29. The summed E-state index contributed by atoms with van der Waals surface area (Å²) in [6.07, 6.45) is 13.5. The van der Waals surface area contributed by atoms with Crippen molar-refractivity contribution < 1.29 is 9.47 Å². The van der Waals surface area contributed by atoms with Gasteiger partial charge in [-0.3, -0.25) is 4.40 Å². The van der Waals surface area contributed by atoms with Crippen LogP contribution in [0.1, 0.15) is 25.7 Å². The largest absolute Gasteiger partial charge is 0.382 e. The molecule has 162 valence electrons. The van der Waals surface area contributed by atoms with Gasteiger partial charge in [-0.05, 0) is 31.7 Å². The summed E-state index contributed by atoms with van der Waals surface area (Å²) in [5.74, 6) is 1.20. The summed E-state index contributed by atoms with van der Waals surface area (Å²) in [6.45, 7) is 1.30. The number of ether oxygens (including phenoxy) is 2.